The summed E-state index contributed by atoms with van der Waals surface area (Å²) in [6.07, 6.45) is 0.749. The van der Waals surface area contributed by atoms with Crippen LogP contribution in [0.5, 0.6) is 0 Å². The van der Waals surface area contributed by atoms with E-state index in [-0.39, 0.29) is 17.7 Å². The third kappa shape index (κ3) is 3.05. The van der Waals surface area contributed by atoms with Gasteiger partial charge in [0, 0.05) is 29.1 Å². The molecule has 0 aromatic carbocycles. The van der Waals surface area contributed by atoms with Gasteiger partial charge in [0.25, 0.3) is 5.91 Å². The predicted molar refractivity (Wildman–Crippen MR) is 88.3 cm³/mol. The van der Waals surface area contributed by atoms with Crippen LogP contribution in [0, 0.1) is 5.92 Å². The average molecular weight is 335 g/mol. The van der Waals surface area contributed by atoms with Gasteiger partial charge < -0.3 is 4.90 Å². The zero-order chi connectivity index (χ0) is 15.7. The number of hydrogen-bond acceptors (Lipinski definition) is 5. The van der Waals surface area contributed by atoms with Gasteiger partial charge in [-0.15, -0.1) is 0 Å². The molecule has 0 bridgehead atoms. The van der Waals surface area contributed by atoms with Gasteiger partial charge in [0.1, 0.15) is 0 Å². The van der Waals surface area contributed by atoms with Crippen LogP contribution in [0.25, 0.3) is 0 Å². The quantitative estimate of drug-likeness (QED) is 0.938. The van der Waals surface area contributed by atoms with Crippen molar-refractivity contribution in [3.8, 4) is 0 Å². The maximum Gasteiger partial charge on any atom is 0.258 e. The number of hydrogen-bond donors (Lipinski definition) is 1. The first kappa shape index (κ1) is 15.2. The van der Waals surface area contributed by atoms with Crippen LogP contribution in [0.3, 0.4) is 0 Å². The summed E-state index contributed by atoms with van der Waals surface area (Å²) in [4.78, 5) is 31.6. The first-order valence-electron chi connectivity index (χ1n) is 7.15. The smallest absolute Gasteiger partial charge is 0.258 e. The molecule has 2 aromatic heterocycles. The summed E-state index contributed by atoms with van der Waals surface area (Å²) in [5.74, 6) is 0.0394. The van der Waals surface area contributed by atoms with E-state index in [0.29, 0.717) is 23.8 Å². The van der Waals surface area contributed by atoms with E-state index in [4.69, 9.17) is 0 Å². The van der Waals surface area contributed by atoms with Gasteiger partial charge in [-0.1, -0.05) is 25.2 Å². The summed E-state index contributed by atoms with van der Waals surface area (Å²) >= 11 is 2.95. The highest BCUT2D eigenvalue weighted by Gasteiger charge is 2.25. The molecule has 0 aliphatic carbocycles. The number of fused-ring (bicyclic) bond motifs is 1. The van der Waals surface area contributed by atoms with Crippen LogP contribution in [0.1, 0.15) is 34.8 Å². The van der Waals surface area contributed by atoms with Crippen molar-refractivity contribution >= 4 is 39.6 Å². The van der Waals surface area contributed by atoms with Gasteiger partial charge in [0.05, 0.1) is 17.8 Å². The molecule has 1 N–H and O–H groups in total. The standard InChI is InChI=1S/C15H17N3O2S2/c1-9(2)14(20)18-5-3-11-12(7-18)22-15(16-11)17-13(19)10-4-6-21-8-10/h4,6,8-9H,3,5,7H2,1-2H3,(H,16,17,19). The van der Waals surface area contributed by atoms with E-state index in [1.165, 1.54) is 22.7 Å². The Morgan fingerprint density at radius 1 is 1.41 bits per heavy atom. The van der Waals surface area contributed by atoms with Crippen molar-refractivity contribution in [2.75, 3.05) is 11.9 Å². The van der Waals surface area contributed by atoms with Gasteiger partial charge >= 0.3 is 0 Å². The summed E-state index contributed by atoms with van der Waals surface area (Å²) in [6.45, 7) is 5.12. The van der Waals surface area contributed by atoms with Crippen LogP contribution >= 0.6 is 22.7 Å². The Hall–Kier alpha value is -1.73. The van der Waals surface area contributed by atoms with Crippen LogP contribution in [0.2, 0.25) is 0 Å². The third-order valence-electron chi connectivity index (χ3n) is 3.54. The number of amides is 2. The topological polar surface area (TPSA) is 62.3 Å². The summed E-state index contributed by atoms with van der Waals surface area (Å²) in [5.41, 5.74) is 1.65. The highest BCUT2D eigenvalue weighted by atomic mass is 32.1. The van der Waals surface area contributed by atoms with E-state index in [2.05, 4.69) is 10.3 Å². The highest BCUT2D eigenvalue weighted by molar-refractivity contribution is 7.16. The average Bonchev–Trinajstić information content (AvgIpc) is 3.14. The Labute approximate surface area is 137 Å². The Kier molecular flexibility index (Phi) is 4.26. The molecule has 5 nitrogen and oxygen atoms in total. The summed E-state index contributed by atoms with van der Waals surface area (Å²) in [5, 5.41) is 7.13. The number of nitrogens with zero attached hydrogens (tertiary/aromatic N) is 2. The van der Waals surface area contributed by atoms with Crippen molar-refractivity contribution in [3.05, 3.63) is 33.0 Å². The fraction of sp³-hybridized carbons (Fsp3) is 0.400. The largest absolute Gasteiger partial charge is 0.337 e. The van der Waals surface area contributed by atoms with Crippen molar-refractivity contribution in [1.29, 1.82) is 0 Å². The Bertz CT molecular complexity index is 692. The molecule has 1 aliphatic rings. The zero-order valence-corrected chi connectivity index (χ0v) is 14.1. The molecule has 7 heteroatoms. The lowest BCUT2D eigenvalue weighted by molar-refractivity contribution is -0.135. The number of nitrogens with one attached hydrogen (secondary N) is 1. The molecule has 0 saturated carbocycles. The van der Waals surface area contributed by atoms with E-state index in [0.717, 1.165) is 17.0 Å². The Morgan fingerprint density at radius 3 is 2.91 bits per heavy atom. The second kappa shape index (κ2) is 6.18. The number of anilines is 1. The lowest BCUT2D eigenvalue weighted by Gasteiger charge is -2.27. The van der Waals surface area contributed by atoms with Crippen molar-refractivity contribution in [3.63, 3.8) is 0 Å². The van der Waals surface area contributed by atoms with Gasteiger partial charge in [-0.2, -0.15) is 11.3 Å². The normalized spacial score (nSPS) is 14.0. The number of carbonyl (C=O) groups excluding carboxylic acids is 2. The number of aromatic nitrogens is 1. The molecule has 0 fully saturated rings. The number of thiazole rings is 1. The summed E-state index contributed by atoms with van der Waals surface area (Å²) in [7, 11) is 0. The molecule has 116 valence electrons. The molecule has 0 saturated heterocycles. The van der Waals surface area contributed by atoms with E-state index in [1.807, 2.05) is 29.5 Å². The van der Waals surface area contributed by atoms with Crippen molar-refractivity contribution in [1.82, 2.24) is 9.88 Å². The second-order valence-corrected chi connectivity index (χ2v) is 7.38. The molecule has 0 atom stereocenters. The highest BCUT2D eigenvalue weighted by Crippen LogP contribution is 2.29. The van der Waals surface area contributed by atoms with E-state index in [1.54, 1.807) is 6.07 Å². The molecular weight excluding hydrogens is 318 g/mol. The molecule has 22 heavy (non-hydrogen) atoms. The maximum absolute atomic E-state index is 12.1. The first-order chi connectivity index (χ1) is 10.5. The molecule has 3 rings (SSSR count). The Balaban J connectivity index is 1.71. The van der Waals surface area contributed by atoms with Crippen LogP contribution in [0.15, 0.2) is 16.8 Å². The second-order valence-electron chi connectivity index (χ2n) is 5.52. The van der Waals surface area contributed by atoms with Gasteiger partial charge in [-0.3, -0.25) is 14.9 Å². The first-order valence-corrected chi connectivity index (χ1v) is 8.91. The minimum Gasteiger partial charge on any atom is -0.337 e. The van der Waals surface area contributed by atoms with E-state index < -0.39 is 0 Å². The van der Waals surface area contributed by atoms with E-state index >= 15 is 0 Å². The Morgan fingerprint density at radius 2 is 2.23 bits per heavy atom. The zero-order valence-electron chi connectivity index (χ0n) is 12.5. The third-order valence-corrected chi connectivity index (χ3v) is 5.22. The van der Waals surface area contributed by atoms with Crippen molar-refractivity contribution in [2.45, 2.75) is 26.8 Å². The van der Waals surface area contributed by atoms with Crippen LogP contribution in [0.4, 0.5) is 5.13 Å². The number of rotatable bonds is 3. The summed E-state index contributed by atoms with van der Waals surface area (Å²) in [6, 6.07) is 1.79. The lowest BCUT2D eigenvalue weighted by Crippen LogP contribution is -2.37. The number of thiophene rings is 1. The molecule has 3 heterocycles. The van der Waals surface area contributed by atoms with E-state index in [9.17, 15) is 9.59 Å². The minimum atomic E-state index is -0.137. The molecule has 2 amide bonds. The van der Waals surface area contributed by atoms with Crippen LogP contribution in [-0.2, 0) is 17.8 Å². The van der Waals surface area contributed by atoms with Crippen LogP contribution in [-0.4, -0.2) is 28.2 Å². The SMILES string of the molecule is CC(C)C(=O)N1CCc2nc(NC(=O)c3ccsc3)sc2C1. The molecule has 0 radical (unpaired) electrons. The molecule has 1 aliphatic heterocycles. The van der Waals surface area contributed by atoms with Gasteiger partial charge in [0.15, 0.2) is 5.13 Å². The van der Waals surface area contributed by atoms with Gasteiger partial charge in [0.2, 0.25) is 5.91 Å². The van der Waals surface area contributed by atoms with Crippen molar-refractivity contribution < 1.29 is 9.59 Å². The lowest BCUT2D eigenvalue weighted by atomic mass is 10.1. The molecule has 0 spiro atoms. The molecular formula is C15H17N3O2S2. The monoisotopic (exact) mass is 335 g/mol. The number of carbonyl (C=O) groups is 2. The fourth-order valence-corrected chi connectivity index (χ4v) is 4.02. The van der Waals surface area contributed by atoms with Crippen LogP contribution < -0.4 is 5.32 Å². The van der Waals surface area contributed by atoms with Gasteiger partial charge in [-0.05, 0) is 11.4 Å². The summed E-state index contributed by atoms with van der Waals surface area (Å²) < 4.78 is 0. The molecule has 2 aromatic rings. The predicted octanol–water partition coefficient (Wildman–Crippen LogP) is 3.00. The van der Waals surface area contributed by atoms with Crippen molar-refractivity contribution in [2.24, 2.45) is 5.92 Å². The molecule has 0 unspecified atom stereocenters. The van der Waals surface area contributed by atoms with Gasteiger partial charge in [-0.25, -0.2) is 4.98 Å². The maximum atomic E-state index is 12.1. The fourth-order valence-electron chi connectivity index (χ4n) is 2.37. The minimum absolute atomic E-state index is 0.00670.